The minimum atomic E-state index is 0.939. The van der Waals surface area contributed by atoms with Crippen LogP contribution in [0.1, 0.15) is 18.9 Å². The third-order valence-electron chi connectivity index (χ3n) is 2.40. The zero-order valence-electron chi connectivity index (χ0n) is 9.37. The molecule has 0 aliphatic heterocycles. The molecule has 0 fully saturated rings. The first-order chi connectivity index (χ1) is 7.36. The van der Waals surface area contributed by atoms with Gasteiger partial charge in [0.15, 0.2) is 0 Å². The van der Waals surface area contributed by atoms with Crippen LogP contribution < -0.4 is 5.32 Å². The normalized spacial score (nSPS) is 11.4. The van der Waals surface area contributed by atoms with Gasteiger partial charge in [0.05, 0.1) is 0 Å². The molecule has 1 N–H and O–H groups in total. The Morgan fingerprint density at radius 3 is 2.67 bits per heavy atom. The van der Waals surface area contributed by atoms with Crippen LogP contribution in [0.4, 0.5) is 0 Å². The molecule has 0 aliphatic carbocycles. The molecule has 0 spiro atoms. The Labute approximate surface area is 92.5 Å². The van der Waals surface area contributed by atoms with Crippen molar-refractivity contribution in [3.8, 4) is 0 Å². The van der Waals surface area contributed by atoms with E-state index in [0.29, 0.717) is 0 Å². The molecule has 15 heavy (non-hydrogen) atoms. The molecule has 80 valence electrons. The fraction of sp³-hybridized carbons (Fsp3) is 0.286. The average molecular weight is 201 g/mol. The third kappa shape index (κ3) is 4.61. The van der Waals surface area contributed by atoms with Gasteiger partial charge in [-0.05, 0) is 25.5 Å². The topological polar surface area (TPSA) is 12.0 Å². The van der Waals surface area contributed by atoms with Crippen LogP contribution in [-0.4, -0.2) is 6.54 Å². The summed E-state index contributed by atoms with van der Waals surface area (Å²) in [4.78, 5) is 0. The second-order valence-corrected chi connectivity index (χ2v) is 3.48. The molecule has 0 atom stereocenters. The van der Waals surface area contributed by atoms with Crippen molar-refractivity contribution in [2.24, 2.45) is 0 Å². The van der Waals surface area contributed by atoms with Crippen molar-refractivity contribution in [2.75, 3.05) is 6.54 Å². The maximum absolute atomic E-state index is 3.77. The first kappa shape index (κ1) is 11.7. The molecule has 1 aromatic rings. The lowest BCUT2D eigenvalue weighted by atomic mass is 10.1. The number of nitrogens with one attached hydrogen (secondary N) is 1. The fourth-order valence-corrected chi connectivity index (χ4v) is 1.43. The highest BCUT2D eigenvalue weighted by atomic mass is 14.8. The lowest BCUT2D eigenvalue weighted by Crippen LogP contribution is -2.14. The Morgan fingerprint density at radius 1 is 1.33 bits per heavy atom. The summed E-state index contributed by atoms with van der Waals surface area (Å²) in [5.41, 5.74) is 2.63. The molecule has 0 aliphatic rings. The zero-order chi connectivity index (χ0) is 10.9. The van der Waals surface area contributed by atoms with Crippen molar-refractivity contribution in [3.05, 3.63) is 60.2 Å². The maximum Gasteiger partial charge on any atom is 0.0205 e. The van der Waals surface area contributed by atoms with Crippen LogP contribution in [0.25, 0.3) is 0 Å². The van der Waals surface area contributed by atoms with E-state index >= 15 is 0 Å². The van der Waals surface area contributed by atoms with Gasteiger partial charge >= 0.3 is 0 Å². The summed E-state index contributed by atoms with van der Waals surface area (Å²) < 4.78 is 0. The Bertz CT molecular complexity index is 311. The fourth-order valence-electron chi connectivity index (χ4n) is 1.43. The van der Waals surface area contributed by atoms with Gasteiger partial charge < -0.3 is 5.32 Å². The molecule has 0 heterocycles. The number of hydrogen-bond acceptors (Lipinski definition) is 1. The number of hydrogen-bond donors (Lipinski definition) is 1. The Balaban J connectivity index is 2.20. The summed E-state index contributed by atoms with van der Waals surface area (Å²) in [7, 11) is 0. The quantitative estimate of drug-likeness (QED) is 0.550. The smallest absolute Gasteiger partial charge is 0.0205 e. The molecule has 0 bridgehead atoms. The molecule has 0 unspecified atom stereocenters. The van der Waals surface area contributed by atoms with Gasteiger partial charge in [-0.25, -0.2) is 0 Å². The first-order valence-electron chi connectivity index (χ1n) is 5.39. The highest BCUT2D eigenvalue weighted by Gasteiger charge is 1.92. The zero-order valence-corrected chi connectivity index (χ0v) is 9.37. The van der Waals surface area contributed by atoms with Crippen LogP contribution in [0.5, 0.6) is 0 Å². The number of allylic oxidation sites excluding steroid dienone is 2. The SMILES string of the molecule is C=C/C(=C\C)CCNCc1ccccc1. The Morgan fingerprint density at radius 2 is 2.07 bits per heavy atom. The van der Waals surface area contributed by atoms with Crippen molar-refractivity contribution in [3.63, 3.8) is 0 Å². The van der Waals surface area contributed by atoms with Gasteiger partial charge in [-0.15, -0.1) is 0 Å². The van der Waals surface area contributed by atoms with E-state index in [2.05, 4.69) is 42.2 Å². The minimum Gasteiger partial charge on any atom is -0.312 e. The highest BCUT2D eigenvalue weighted by Crippen LogP contribution is 2.01. The second-order valence-electron chi connectivity index (χ2n) is 3.48. The predicted molar refractivity (Wildman–Crippen MR) is 66.7 cm³/mol. The molecule has 0 saturated heterocycles. The van der Waals surface area contributed by atoms with Crippen LogP contribution in [0.15, 0.2) is 54.6 Å². The number of benzene rings is 1. The summed E-state index contributed by atoms with van der Waals surface area (Å²) in [6, 6.07) is 10.4. The second kappa shape index (κ2) is 7.02. The standard InChI is InChI=1S/C14H19N/c1-3-13(4-2)10-11-15-12-14-8-6-5-7-9-14/h3-9,15H,1,10-12H2,2H3/b13-4+. The first-order valence-corrected chi connectivity index (χ1v) is 5.39. The van der Waals surface area contributed by atoms with E-state index < -0.39 is 0 Å². The van der Waals surface area contributed by atoms with Gasteiger partial charge in [0.1, 0.15) is 0 Å². The van der Waals surface area contributed by atoms with Crippen LogP contribution in [0.3, 0.4) is 0 Å². The maximum atomic E-state index is 3.77. The Kier molecular flexibility index (Phi) is 5.49. The summed E-state index contributed by atoms with van der Waals surface area (Å²) in [5, 5.41) is 3.41. The van der Waals surface area contributed by atoms with E-state index in [-0.39, 0.29) is 0 Å². The van der Waals surface area contributed by atoms with Gasteiger partial charge in [-0.1, -0.05) is 54.6 Å². The van der Waals surface area contributed by atoms with E-state index in [1.807, 2.05) is 19.1 Å². The largest absolute Gasteiger partial charge is 0.312 e. The van der Waals surface area contributed by atoms with Crippen molar-refractivity contribution in [1.82, 2.24) is 5.32 Å². The van der Waals surface area contributed by atoms with Gasteiger partial charge in [-0.3, -0.25) is 0 Å². The number of rotatable bonds is 6. The molecule has 1 rings (SSSR count). The van der Waals surface area contributed by atoms with Gasteiger partial charge in [0, 0.05) is 6.54 Å². The van der Waals surface area contributed by atoms with Gasteiger partial charge in [0.2, 0.25) is 0 Å². The van der Waals surface area contributed by atoms with Crippen molar-refractivity contribution in [2.45, 2.75) is 19.9 Å². The molecular formula is C14H19N. The van der Waals surface area contributed by atoms with E-state index in [4.69, 9.17) is 0 Å². The average Bonchev–Trinajstić information content (AvgIpc) is 2.31. The molecule has 1 nitrogen and oxygen atoms in total. The summed E-state index contributed by atoms with van der Waals surface area (Å²) in [5.74, 6) is 0. The summed E-state index contributed by atoms with van der Waals surface area (Å²) in [6.45, 7) is 7.76. The molecule has 1 aromatic carbocycles. The van der Waals surface area contributed by atoms with Gasteiger partial charge in [0.25, 0.3) is 0 Å². The van der Waals surface area contributed by atoms with Crippen molar-refractivity contribution in [1.29, 1.82) is 0 Å². The van der Waals surface area contributed by atoms with Crippen molar-refractivity contribution < 1.29 is 0 Å². The lowest BCUT2D eigenvalue weighted by Gasteiger charge is -2.05. The van der Waals surface area contributed by atoms with E-state index in [1.165, 1.54) is 11.1 Å². The molecule has 0 amide bonds. The van der Waals surface area contributed by atoms with Crippen LogP contribution >= 0.6 is 0 Å². The molecular weight excluding hydrogens is 182 g/mol. The molecule has 0 saturated carbocycles. The molecule has 0 aromatic heterocycles. The lowest BCUT2D eigenvalue weighted by molar-refractivity contribution is 0.688. The molecule has 0 radical (unpaired) electrons. The summed E-state index contributed by atoms with van der Waals surface area (Å²) >= 11 is 0. The van der Waals surface area contributed by atoms with E-state index in [0.717, 1.165) is 19.5 Å². The van der Waals surface area contributed by atoms with Crippen molar-refractivity contribution >= 4 is 0 Å². The predicted octanol–water partition coefficient (Wildman–Crippen LogP) is 3.30. The Hall–Kier alpha value is -1.34. The van der Waals surface area contributed by atoms with E-state index in [1.54, 1.807) is 0 Å². The highest BCUT2D eigenvalue weighted by molar-refractivity contribution is 5.16. The molecule has 1 heteroatoms. The van der Waals surface area contributed by atoms with Crippen LogP contribution in [0, 0.1) is 0 Å². The monoisotopic (exact) mass is 201 g/mol. The van der Waals surface area contributed by atoms with Crippen LogP contribution in [-0.2, 0) is 6.54 Å². The third-order valence-corrected chi connectivity index (χ3v) is 2.40. The minimum absolute atomic E-state index is 0.939. The van der Waals surface area contributed by atoms with E-state index in [9.17, 15) is 0 Å². The van der Waals surface area contributed by atoms with Gasteiger partial charge in [-0.2, -0.15) is 0 Å². The van der Waals surface area contributed by atoms with Crippen LogP contribution in [0.2, 0.25) is 0 Å². The summed E-state index contributed by atoms with van der Waals surface area (Å²) in [6.07, 6.45) is 5.08.